The van der Waals surface area contributed by atoms with Crippen LogP contribution in [0.5, 0.6) is 0 Å². The van der Waals surface area contributed by atoms with Crippen molar-refractivity contribution in [3.8, 4) is 23.5 Å². The molecule has 0 N–H and O–H groups in total. The van der Waals surface area contributed by atoms with Gasteiger partial charge in [0.2, 0.25) is 5.67 Å². The van der Waals surface area contributed by atoms with E-state index in [1.54, 1.807) is 31.3 Å². The highest BCUT2D eigenvalue weighted by Crippen LogP contribution is 2.42. The van der Waals surface area contributed by atoms with Crippen LogP contribution < -0.4 is 5.56 Å². The Morgan fingerprint density at radius 3 is 2.34 bits per heavy atom. The molecule has 5 nitrogen and oxygen atoms in total. The molecule has 0 bridgehead atoms. The van der Waals surface area contributed by atoms with E-state index in [4.69, 9.17) is 18.0 Å². The highest BCUT2D eigenvalue weighted by Gasteiger charge is 2.41. The Hall–Kier alpha value is -4.42. The second kappa shape index (κ2) is 9.15. The summed E-state index contributed by atoms with van der Waals surface area (Å²) in [5, 5.41) is 0.286. The zero-order valence-electron chi connectivity index (χ0n) is 19.7. The zero-order valence-corrected chi connectivity index (χ0v) is 20.4. The summed E-state index contributed by atoms with van der Waals surface area (Å²) in [6.45, 7) is 0. The number of benzene rings is 2. The Kier molecular flexibility index (Phi) is 6.08. The van der Waals surface area contributed by atoms with Crippen LogP contribution in [0.4, 0.5) is 17.6 Å². The average Bonchev–Trinajstić information content (AvgIpc) is 3.33. The van der Waals surface area contributed by atoms with Gasteiger partial charge in [0, 0.05) is 40.8 Å². The molecule has 38 heavy (non-hydrogen) atoms. The van der Waals surface area contributed by atoms with Crippen LogP contribution in [0.25, 0.3) is 22.2 Å². The van der Waals surface area contributed by atoms with Crippen LogP contribution in [0.3, 0.4) is 0 Å². The first kappa shape index (κ1) is 25.2. The van der Waals surface area contributed by atoms with Crippen molar-refractivity contribution < 1.29 is 17.6 Å². The molecule has 0 saturated carbocycles. The van der Waals surface area contributed by atoms with Crippen molar-refractivity contribution in [1.29, 1.82) is 0 Å². The predicted octanol–water partition coefficient (Wildman–Crippen LogP) is 6.17. The van der Waals surface area contributed by atoms with E-state index in [2.05, 4.69) is 15.9 Å². The predicted molar refractivity (Wildman–Crippen MR) is 136 cm³/mol. The number of halogens is 5. The van der Waals surface area contributed by atoms with Crippen molar-refractivity contribution >= 4 is 22.6 Å². The fraction of sp³-hybridized carbons (Fsp3) is 0.107. The number of pyridine rings is 2. The Balaban J connectivity index is 1.89. The van der Waals surface area contributed by atoms with Crippen molar-refractivity contribution in [1.82, 2.24) is 19.1 Å². The summed E-state index contributed by atoms with van der Waals surface area (Å²) in [7, 11) is 1.60. The number of hydrogen-bond acceptors (Lipinski definition) is 3. The summed E-state index contributed by atoms with van der Waals surface area (Å²) in [6.07, 6.45) is 4.17. The van der Waals surface area contributed by atoms with Gasteiger partial charge in [-0.1, -0.05) is 41.8 Å². The third-order valence-electron chi connectivity index (χ3n) is 6.26. The molecule has 2 aromatic carbocycles. The molecule has 0 radical (unpaired) electrons. The van der Waals surface area contributed by atoms with Crippen LogP contribution in [-0.4, -0.2) is 19.1 Å². The molecule has 3 aromatic heterocycles. The van der Waals surface area contributed by atoms with Gasteiger partial charge < -0.3 is 4.57 Å². The molecule has 0 saturated heterocycles. The van der Waals surface area contributed by atoms with Crippen LogP contribution in [0.1, 0.15) is 22.4 Å². The van der Waals surface area contributed by atoms with Gasteiger partial charge in [-0.05, 0) is 47.0 Å². The fourth-order valence-electron chi connectivity index (χ4n) is 4.48. The van der Waals surface area contributed by atoms with E-state index in [1.165, 1.54) is 47.4 Å². The van der Waals surface area contributed by atoms with Gasteiger partial charge in [-0.3, -0.25) is 4.79 Å². The lowest BCUT2D eigenvalue weighted by Crippen LogP contribution is -2.32. The van der Waals surface area contributed by atoms with Gasteiger partial charge in [0.05, 0.1) is 18.2 Å². The van der Waals surface area contributed by atoms with Crippen molar-refractivity contribution in [3.63, 3.8) is 0 Å². The maximum absolute atomic E-state index is 17.3. The van der Waals surface area contributed by atoms with E-state index in [9.17, 15) is 18.0 Å². The molecule has 0 aliphatic rings. The van der Waals surface area contributed by atoms with Crippen LogP contribution in [0, 0.1) is 12.3 Å². The SMILES string of the molecule is C#Cc1cccc(-c2cc(=O)n(C(F)(F)F)c3ncc([C@](F)(c4ccc(Cl)cc4)c4cncn4C)cc23)c1. The van der Waals surface area contributed by atoms with Gasteiger partial charge >= 0.3 is 6.30 Å². The third-order valence-corrected chi connectivity index (χ3v) is 6.51. The van der Waals surface area contributed by atoms with E-state index in [0.717, 1.165) is 12.3 Å². The van der Waals surface area contributed by atoms with Crippen molar-refractivity contribution in [2.75, 3.05) is 0 Å². The lowest BCUT2D eigenvalue weighted by molar-refractivity contribution is -0.203. The molecule has 0 aliphatic heterocycles. The first-order valence-corrected chi connectivity index (χ1v) is 11.5. The molecular weight excluding hydrogens is 520 g/mol. The summed E-state index contributed by atoms with van der Waals surface area (Å²) >= 11 is 6.03. The van der Waals surface area contributed by atoms with Crippen LogP contribution in [0.2, 0.25) is 5.02 Å². The summed E-state index contributed by atoms with van der Waals surface area (Å²) in [5.74, 6) is 2.46. The van der Waals surface area contributed by atoms with E-state index < -0.39 is 23.2 Å². The molecule has 0 fully saturated rings. The molecule has 5 aromatic rings. The Labute approximate surface area is 219 Å². The van der Waals surface area contributed by atoms with E-state index in [0.29, 0.717) is 16.1 Å². The minimum atomic E-state index is -5.06. The summed E-state index contributed by atoms with van der Waals surface area (Å²) in [6, 6.07) is 14.5. The lowest BCUT2D eigenvalue weighted by atomic mass is 9.85. The highest BCUT2D eigenvalue weighted by atomic mass is 35.5. The maximum atomic E-state index is 17.3. The van der Waals surface area contributed by atoms with Gasteiger partial charge in [0.25, 0.3) is 5.56 Å². The summed E-state index contributed by atoms with van der Waals surface area (Å²) < 4.78 is 60.3. The van der Waals surface area contributed by atoms with Gasteiger partial charge in [0.1, 0.15) is 0 Å². The summed E-state index contributed by atoms with van der Waals surface area (Å²) in [5.41, 5.74) is -3.22. The monoisotopic (exact) mass is 536 g/mol. The fourth-order valence-corrected chi connectivity index (χ4v) is 4.61. The third kappa shape index (κ3) is 4.13. The Morgan fingerprint density at radius 1 is 0.974 bits per heavy atom. The zero-order chi connectivity index (χ0) is 27.2. The number of rotatable bonds is 4. The molecule has 0 amide bonds. The van der Waals surface area contributed by atoms with Crippen molar-refractivity contribution in [2.45, 2.75) is 12.0 Å². The Bertz CT molecular complexity index is 1780. The minimum absolute atomic E-state index is 0.0716. The molecule has 5 rings (SSSR count). The minimum Gasteiger partial charge on any atom is -0.334 e. The molecule has 0 spiro atoms. The van der Waals surface area contributed by atoms with Crippen molar-refractivity contribution in [3.05, 3.63) is 117 Å². The summed E-state index contributed by atoms with van der Waals surface area (Å²) in [4.78, 5) is 20.7. The van der Waals surface area contributed by atoms with Crippen LogP contribution in [0.15, 0.2) is 84.2 Å². The maximum Gasteiger partial charge on any atom is 0.493 e. The number of nitrogens with zero attached hydrogens (tertiary/aromatic N) is 4. The standard InChI is InChI=1S/C28H17ClF4N4O/c1-3-17-5-4-6-18(11-17)22-13-25(38)37(28(31,32)33)26-23(22)12-20(14-35-26)27(30,24-15-34-16-36(24)2)19-7-9-21(29)10-8-19/h1,4-16H,2H3/t27-/m1/s1. The molecule has 190 valence electrons. The second-order valence-electron chi connectivity index (χ2n) is 8.57. The number of fused-ring (bicyclic) bond motifs is 1. The normalized spacial score (nSPS) is 13.3. The molecule has 0 aliphatic carbocycles. The first-order chi connectivity index (χ1) is 18.0. The number of imidazole rings is 1. The highest BCUT2D eigenvalue weighted by molar-refractivity contribution is 6.30. The molecule has 10 heteroatoms. The van der Waals surface area contributed by atoms with Crippen LogP contribution >= 0.6 is 11.6 Å². The topological polar surface area (TPSA) is 52.7 Å². The molecule has 1 atom stereocenters. The number of alkyl halides is 4. The van der Waals surface area contributed by atoms with E-state index in [-0.39, 0.29) is 32.3 Å². The molecule has 0 unspecified atom stereocenters. The number of hydrogen-bond donors (Lipinski definition) is 0. The van der Waals surface area contributed by atoms with Gasteiger partial charge in [0.15, 0.2) is 5.65 Å². The average molecular weight is 537 g/mol. The van der Waals surface area contributed by atoms with Gasteiger partial charge in [-0.25, -0.2) is 18.9 Å². The number of aromatic nitrogens is 4. The molecular formula is C28H17ClF4N4O. The van der Waals surface area contributed by atoms with Crippen molar-refractivity contribution in [2.24, 2.45) is 7.05 Å². The van der Waals surface area contributed by atoms with E-state index in [1.807, 2.05) is 0 Å². The van der Waals surface area contributed by atoms with Gasteiger partial charge in [-0.2, -0.15) is 0 Å². The lowest BCUT2D eigenvalue weighted by Gasteiger charge is -2.27. The molecule has 3 heterocycles. The number of aryl methyl sites for hydroxylation is 1. The number of terminal acetylenes is 1. The van der Waals surface area contributed by atoms with Gasteiger partial charge in [-0.15, -0.1) is 19.6 Å². The first-order valence-electron chi connectivity index (χ1n) is 11.2. The Morgan fingerprint density at radius 2 is 1.71 bits per heavy atom. The quantitative estimate of drug-likeness (QED) is 0.204. The van der Waals surface area contributed by atoms with Crippen LogP contribution in [-0.2, 0) is 19.0 Å². The second-order valence-corrected chi connectivity index (χ2v) is 9.01. The van der Waals surface area contributed by atoms with E-state index >= 15 is 4.39 Å². The largest absolute Gasteiger partial charge is 0.493 e. The smallest absolute Gasteiger partial charge is 0.334 e.